The van der Waals surface area contributed by atoms with Crippen molar-refractivity contribution in [1.82, 2.24) is 9.71 Å². The first-order chi connectivity index (χ1) is 14.0. The summed E-state index contributed by atoms with van der Waals surface area (Å²) in [7, 11) is -4.26. The Balaban J connectivity index is 2.23. The standard InChI is InChI=1S/C20H20N2O6S/c1-2-11-27-13-22-29(25,26)18-16(19-21-10-12-28-19)9-8-15(17(18)20(23)24)14-6-4-3-5-7-14/h3-10,12,22H,2,11,13H2,1H3,(H,23,24). The van der Waals surface area contributed by atoms with Crippen LogP contribution in [0.1, 0.15) is 23.7 Å². The summed E-state index contributed by atoms with van der Waals surface area (Å²) in [5.74, 6) is -1.38. The second-order valence-electron chi connectivity index (χ2n) is 6.07. The highest BCUT2D eigenvalue weighted by Crippen LogP contribution is 2.36. The number of benzene rings is 2. The minimum Gasteiger partial charge on any atom is -0.478 e. The summed E-state index contributed by atoms with van der Waals surface area (Å²) in [4.78, 5) is 15.8. The molecule has 0 aliphatic carbocycles. The summed E-state index contributed by atoms with van der Waals surface area (Å²) >= 11 is 0. The van der Waals surface area contributed by atoms with Gasteiger partial charge in [0, 0.05) is 6.61 Å². The van der Waals surface area contributed by atoms with Crippen molar-refractivity contribution in [2.45, 2.75) is 18.2 Å². The van der Waals surface area contributed by atoms with E-state index in [0.29, 0.717) is 18.6 Å². The molecule has 8 nitrogen and oxygen atoms in total. The van der Waals surface area contributed by atoms with Crippen molar-refractivity contribution in [3.8, 4) is 22.6 Å². The van der Waals surface area contributed by atoms with Crippen LogP contribution in [0.3, 0.4) is 0 Å². The van der Waals surface area contributed by atoms with Crippen molar-refractivity contribution in [2.24, 2.45) is 0 Å². The molecule has 2 aromatic carbocycles. The van der Waals surface area contributed by atoms with Gasteiger partial charge in [-0.3, -0.25) is 0 Å². The molecule has 3 rings (SSSR count). The monoisotopic (exact) mass is 416 g/mol. The molecule has 9 heteroatoms. The van der Waals surface area contributed by atoms with Crippen LogP contribution in [0, 0.1) is 0 Å². The summed E-state index contributed by atoms with van der Waals surface area (Å²) < 4.78 is 39.0. The maximum absolute atomic E-state index is 13.1. The van der Waals surface area contributed by atoms with E-state index in [1.165, 1.54) is 18.5 Å². The fourth-order valence-electron chi connectivity index (χ4n) is 2.87. The van der Waals surface area contributed by atoms with Gasteiger partial charge in [0.2, 0.25) is 15.9 Å². The first-order valence-corrected chi connectivity index (χ1v) is 10.4. The van der Waals surface area contributed by atoms with Crippen LogP contribution in [-0.2, 0) is 14.8 Å². The molecule has 3 aromatic rings. The minimum absolute atomic E-state index is 0.00182. The van der Waals surface area contributed by atoms with E-state index in [0.717, 1.165) is 0 Å². The molecule has 0 saturated heterocycles. The molecule has 0 radical (unpaired) electrons. The number of nitrogens with zero attached hydrogens (tertiary/aromatic N) is 1. The summed E-state index contributed by atoms with van der Waals surface area (Å²) in [6.07, 6.45) is 3.36. The number of sulfonamides is 1. The average Bonchev–Trinajstić information content (AvgIpc) is 3.25. The molecule has 152 valence electrons. The Kier molecular flexibility index (Phi) is 6.42. The SMILES string of the molecule is CCCOCNS(=O)(=O)c1c(-c2ncco2)ccc(-c2ccccc2)c1C(=O)O. The topological polar surface area (TPSA) is 119 Å². The average molecular weight is 416 g/mol. The first kappa shape index (κ1) is 20.7. The Hall–Kier alpha value is -3.01. The lowest BCUT2D eigenvalue weighted by atomic mass is 9.97. The maximum atomic E-state index is 13.1. The lowest BCUT2D eigenvalue weighted by Gasteiger charge is -2.16. The quantitative estimate of drug-likeness (QED) is 0.405. The normalized spacial score (nSPS) is 11.5. The number of hydrogen-bond acceptors (Lipinski definition) is 6. The molecule has 0 fully saturated rings. The number of carboxylic acid groups (broad SMARTS) is 1. The third-order valence-corrected chi connectivity index (χ3v) is 5.55. The highest BCUT2D eigenvalue weighted by molar-refractivity contribution is 7.89. The number of nitrogens with one attached hydrogen (secondary N) is 1. The van der Waals surface area contributed by atoms with E-state index < -0.39 is 20.9 Å². The fourth-order valence-corrected chi connectivity index (χ4v) is 4.16. The molecule has 0 saturated carbocycles. The van der Waals surface area contributed by atoms with Crippen molar-refractivity contribution >= 4 is 16.0 Å². The van der Waals surface area contributed by atoms with E-state index in [9.17, 15) is 18.3 Å². The number of aromatic carboxylic acids is 1. The Bertz CT molecular complexity index is 1080. The van der Waals surface area contributed by atoms with Crippen molar-refractivity contribution < 1.29 is 27.5 Å². The number of aromatic nitrogens is 1. The second-order valence-corrected chi connectivity index (χ2v) is 7.78. The minimum atomic E-state index is -4.26. The molecule has 0 amide bonds. The van der Waals surface area contributed by atoms with Gasteiger partial charge >= 0.3 is 5.97 Å². The number of rotatable bonds is 9. The van der Waals surface area contributed by atoms with Gasteiger partial charge in [-0.15, -0.1) is 0 Å². The largest absolute Gasteiger partial charge is 0.478 e. The molecule has 0 aliphatic heterocycles. The van der Waals surface area contributed by atoms with Crippen LogP contribution in [0.5, 0.6) is 0 Å². The van der Waals surface area contributed by atoms with Gasteiger partial charge in [-0.1, -0.05) is 43.3 Å². The van der Waals surface area contributed by atoms with Crippen LogP contribution in [0.4, 0.5) is 0 Å². The molecule has 0 spiro atoms. The lowest BCUT2D eigenvalue weighted by molar-refractivity contribution is 0.0693. The molecular formula is C20H20N2O6S. The Morgan fingerprint density at radius 2 is 1.90 bits per heavy atom. The van der Waals surface area contributed by atoms with Crippen LogP contribution in [0.15, 0.2) is 64.2 Å². The highest BCUT2D eigenvalue weighted by Gasteiger charge is 2.31. The van der Waals surface area contributed by atoms with Crippen LogP contribution in [0.2, 0.25) is 0 Å². The van der Waals surface area contributed by atoms with Gasteiger partial charge in [0.1, 0.15) is 17.9 Å². The van der Waals surface area contributed by atoms with E-state index >= 15 is 0 Å². The summed E-state index contributed by atoms with van der Waals surface area (Å²) in [6, 6.07) is 11.7. The van der Waals surface area contributed by atoms with Crippen molar-refractivity contribution in [3.63, 3.8) is 0 Å². The zero-order valence-electron chi connectivity index (χ0n) is 15.7. The van der Waals surface area contributed by atoms with Crippen LogP contribution in [-0.4, -0.2) is 37.8 Å². The van der Waals surface area contributed by atoms with E-state index in [1.54, 1.807) is 36.4 Å². The van der Waals surface area contributed by atoms with Crippen LogP contribution < -0.4 is 4.72 Å². The molecule has 0 bridgehead atoms. The predicted molar refractivity (Wildman–Crippen MR) is 106 cm³/mol. The highest BCUT2D eigenvalue weighted by atomic mass is 32.2. The first-order valence-electron chi connectivity index (χ1n) is 8.88. The summed E-state index contributed by atoms with van der Waals surface area (Å²) in [5.41, 5.74) is 0.524. The number of hydrogen-bond donors (Lipinski definition) is 2. The zero-order valence-corrected chi connectivity index (χ0v) is 16.5. The molecule has 2 N–H and O–H groups in total. The van der Waals surface area contributed by atoms with Gasteiger partial charge in [-0.2, -0.15) is 4.72 Å². The van der Waals surface area contributed by atoms with Crippen LogP contribution in [0.25, 0.3) is 22.6 Å². The predicted octanol–water partition coefficient (Wildman–Crippen LogP) is 3.37. The number of carbonyl (C=O) groups is 1. The molecule has 0 unspecified atom stereocenters. The zero-order chi connectivity index (χ0) is 20.9. The Morgan fingerprint density at radius 3 is 2.52 bits per heavy atom. The van der Waals surface area contributed by atoms with Gasteiger partial charge in [-0.05, 0) is 23.6 Å². The van der Waals surface area contributed by atoms with Crippen LogP contribution >= 0.6 is 0 Å². The molecular weight excluding hydrogens is 396 g/mol. The molecule has 0 aliphatic rings. The third-order valence-electron chi connectivity index (χ3n) is 4.09. The molecule has 0 atom stereocenters. The van der Waals surface area contributed by atoms with Crippen molar-refractivity contribution in [3.05, 3.63) is 60.5 Å². The van der Waals surface area contributed by atoms with E-state index in [1.807, 2.05) is 6.92 Å². The van der Waals surface area contributed by atoms with Gasteiger partial charge in [0.05, 0.1) is 17.3 Å². The maximum Gasteiger partial charge on any atom is 0.337 e. The summed E-state index contributed by atoms with van der Waals surface area (Å²) in [6.45, 7) is 1.97. The molecule has 29 heavy (non-hydrogen) atoms. The fraction of sp³-hybridized carbons (Fsp3) is 0.200. The van der Waals surface area contributed by atoms with Crippen molar-refractivity contribution in [1.29, 1.82) is 0 Å². The lowest BCUT2D eigenvalue weighted by Crippen LogP contribution is -2.29. The van der Waals surface area contributed by atoms with E-state index in [2.05, 4.69) is 9.71 Å². The number of carboxylic acids is 1. The third kappa shape index (κ3) is 4.53. The van der Waals surface area contributed by atoms with Gasteiger partial charge in [-0.25, -0.2) is 18.2 Å². The Labute approximate surface area is 168 Å². The summed E-state index contributed by atoms with van der Waals surface area (Å²) in [5, 5.41) is 9.93. The Morgan fingerprint density at radius 1 is 1.17 bits per heavy atom. The smallest absolute Gasteiger partial charge is 0.337 e. The van der Waals surface area contributed by atoms with Gasteiger partial charge in [0.15, 0.2) is 0 Å². The number of ether oxygens (including phenoxy) is 1. The van der Waals surface area contributed by atoms with Gasteiger partial charge < -0.3 is 14.3 Å². The second kappa shape index (κ2) is 8.99. The molecule has 1 aromatic heterocycles. The van der Waals surface area contributed by atoms with Gasteiger partial charge in [0.25, 0.3) is 0 Å². The van der Waals surface area contributed by atoms with E-state index in [-0.39, 0.29) is 29.3 Å². The van der Waals surface area contributed by atoms with Crippen molar-refractivity contribution in [2.75, 3.05) is 13.3 Å². The number of oxazole rings is 1. The molecule has 1 heterocycles. The van der Waals surface area contributed by atoms with E-state index in [4.69, 9.17) is 9.15 Å².